The van der Waals surface area contributed by atoms with Crippen molar-refractivity contribution in [2.75, 3.05) is 5.73 Å². The largest absolute Gasteiger partial charge is 0.399 e. The molecule has 0 saturated heterocycles. The molecule has 2 heterocycles. The molecule has 0 spiro atoms. The molecule has 3 nitrogen and oxygen atoms in total. The van der Waals surface area contributed by atoms with E-state index < -0.39 is 0 Å². The molecule has 5 rings (SSSR count). The van der Waals surface area contributed by atoms with Crippen LogP contribution in [0.4, 0.5) is 5.69 Å². The van der Waals surface area contributed by atoms with Crippen molar-refractivity contribution < 1.29 is 0 Å². The number of nitrogens with zero attached hydrogens (tertiary/aromatic N) is 2. The molecule has 0 radical (unpaired) electrons. The van der Waals surface area contributed by atoms with Gasteiger partial charge in [-0.3, -0.25) is 4.40 Å². The zero-order chi connectivity index (χ0) is 16.8. The van der Waals surface area contributed by atoms with Crippen LogP contribution in [0, 0.1) is 0 Å². The summed E-state index contributed by atoms with van der Waals surface area (Å²) in [4.78, 5) is 5.76. The lowest BCUT2D eigenvalue weighted by atomic mass is 10.1. The molecular formula is C21H15N3S. The van der Waals surface area contributed by atoms with E-state index in [0.717, 1.165) is 21.9 Å². The molecule has 3 aromatic carbocycles. The third-order valence-electron chi connectivity index (χ3n) is 4.46. The Morgan fingerprint density at radius 1 is 0.840 bits per heavy atom. The van der Waals surface area contributed by atoms with Crippen LogP contribution in [0.1, 0.15) is 0 Å². The number of fused-ring (bicyclic) bond motifs is 2. The molecule has 0 unspecified atom stereocenters. The average Bonchev–Trinajstić information content (AvgIpc) is 3.22. The van der Waals surface area contributed by atoms with Crippen LogP contribution in [0.3, 0.4) is 0 Å². The SMILES string of the molecule is Nc1ccc(-c2cn3c(-c4ccc5ccccc5c4)csc3n2)cc1. The fraction of sp³-hybridized carbons (Fsp3) is 0. The number of nitrogens with two attached hydrogens (primary N) is 1. The van der Waals surface area contributed by atoms with Gasteiger partial charge in [0.1, 0.15) is 0 Å². The first-order valence-electron chi connectivity index (χ1n) is 8.10. The van der Waals surface area contributed by atoms with Gasteiger partial charge < -0.3 is 5.73 Å². The molecule has 0 atom stereocenters. The summed E-state index contributed by atoms with van der Waals surface area (Å²) in [6, 6.07) is 22.9. The Hall–Kier alpha value is -3.11. The predicted molar refractivity (Wildman–Crippen MR) is 106 cm³/mol. The summed E-state index contributed by atoms with van der Waals surface area (Å²) in [5.74, 6) is 0. The monoisotopic (exact) mass is 341 g/mol. The zero-order valence-corrected chi connectivity index (χ0v) is 14.2. The standard InChI is InChI=1S/C21H15N3S/c22-18-9-7-15(8-10-18)19-12-24-20(13-25-21(24)23-19)17-6-5-14-3-1-2-4-16(14)11-17/h1-13H,22H2. The number of nitrogen functional groups attached to an aromatic ring is 1. The molecule has 25 heavy (non-hydrogen) atoms. The second-order valence-corrected chi connectivity index (χ2v) is 6.92. The van der Waals surface area contributed by atoms with E-state index in [4.69, 9.17) is 10.7 Å². The maximum absolute atomic E-state index is 5.78. The number of thiazole rings is 1. The quantitative estimate of drug-likeness (QED) is 0.433. The lowest BCUT2D eigenvalue weighted by Gasteiger charge is -2.03. The summed E-state index contributed by atoms with van der Waals surface area (Å²) >= 11 is 1.66. The number of hydrogen-bond acceptors (Lipinski definition) is 3. The summed E-state index contributed by atoms with van der Waals surface area (Å²) in [6.45, 7) is 0. The van der Waals surface area contributed by atoms with Crippen molar-refractivity contribution in [3.05, 3.63) is 78.3 Å². The minimum Gasteiger partial charge on any atom is -0.399 e. The first kappa shape index (κ1) is 14.3. The van der Waals surface area contributed by atoms with Crippen LogP contribution >= 0.6 is 11.3 Å². The molecule has 4 heteroatoms. The summed E-state index contributed by atoms with van der Waals surface area (Å²) in [7, 11) is 0. The van der Waals surface area contributed by atoms with Crippen LogP contribution in [-0.4, -0.2) is 9.38 Å². The van der Waals surface area contributed by atoms with Crippen molar-refractivity contribution in [1.29, 1.82) is 0 Å². The molecule has 0 aliphatic carbocycles. The normalized spacial score (nSPS) is 11.4. The van der Waals surface area contributed by atoms with Crippen LogP contribution in [0.15, 0.2) is 78.3 Å². The summed E-state index contributed by atoms with van der Waals surface area (Å²) < 4.78 is 2.17. The van der Waals surface area contributed by atoms with Gasteiger partial charge in [0.05, 0.1) is 11.4 Å². The Morgan fingerprint density at radius 3 is 2.44 bits per heavy atom. The highest BCUT2D eigenvalue weighted by Crippen LogP contribution is 2.31. The second-order valence-electron chi connectivity index (χ2n) is 6.08. The predicted octanol–water partition coefficient (Wildman–Crippen LogP) is 5.47. The highest BCUT2D eigenvalue weighted by atomic mass is 32.1. The third-order valence-corrected chi connectivity index (χ3v) is 5.30. The Labute approximate surface area is 149 Å². The lowest BCUT2D eigenvalue weighted by molar-refractivity contribution is 1.24. The number of imidazole rings is 1. The number of hydrogen-bond donors (Lipinski definition) is 1. The van der Waals surface area contributed by atoms with Crippen molar-refractivity contribution in [2.45, 2.75) is 0 Å². The van der Waals surface area contributed by atoms with Crippen molar-refractivity contribution >= 4 is 32.8 Å². The van der Waals surface area contributed by atoms with Gasteiger partial charge in [0, 0.05) is 28.4 Å². The van der Waals surface area contributed by atoms with Gasteiger partial charge in [-0.2, -0.15) is 0 Å². The summed E-state index contributed by atoms with van der Waals surface area (Å²) in [5, 5.41) is 4.67. The van der Waals surface area contributed by atoms with Crippen LogP contribution in [0.5, 0.6) is 0 Å². The maximum Gasteiger partial charge on any atom is 0.194 e. The van der Waals surface area contributed by atoms with Crippen molar-refractivity contribution in [3.63, 3.8) is 0 Å². The fourth-order valence-corrected chi connectivity index (χ4v) is 4.02. The van der Waals surface area contributed by atoms with Crippen LogP contribution in [0.2, 0.25) is 0 Å². The van der Waals surface area contributed by atoms with Gasteiger partial charge in [0.15, 0.2) is 4.96 Å². The minimum absolute atomic E-state index is 0.765. The Bertz CT molecular complexity index is 1200. The van der Waals surface area contributed by atoms with Crippen molar-refractivity contribution in [3.8, 4) is 22.5 Å². The van der Waals surface area contributed by atoms with E-state index in [1.807, 2.05) is 24.3 Å². The van der Waals surface area contributed by atoms with E-state index in [-0.39, 0.29) is 0 Å². The molecule has 0 fully saturated rings. The molecule has 0 aliphatic rings. The number of aromatic nitrogens is 2. The molecule has 0 bridgehead atoms. The van der Waals surface area contributed by atoms with E-state index >= 15 is 0 Å². The Kier molecular flexibility index (Phi) is 3.11. The smallest absolute Gasteiger partial charge is 0.194 e. The highest BCUT2D eigenvalue weighted by molar-refractivity contribution is 7.15. The topological polar surface area (TPSA) is 43.3 Å². The summed E-state index contributed by atoms with van der Waals surface area (Å²) in [5.41, 5.74) is 11.0. The highest BCUT2D eigenvalue weighted by Gasteiger charge is 2.11. The van der Waals surface area contributed by atoms with E-state index in [1.165, 1.54) is 22.0 Å². The van der Waals surface area contributed by atoms with Crippen LogP contribution in [0.25, 0.3) is 38.2 Å². The molecular weight excluding hydrogens is 326 g/mol. The van der Waals surface area contributed by atoms with Gasteiger partial charge in [0.2, 0.25) is 0 Å². The summed E-state index contributed by atoms with van der Waals surface area (Å²) in [6.07, 6.45) is 2.10. The Morgan fingerprint density at radius 2 is 1.60 bits per heavy atom. The lowest BCUT2D eigenvalue weighted by Crippen LogP contribution is -1.85. The van der Waals surface area contributed by atoms with Gasteiger partial charge in [-0.25, -0.2) is 4.98 Å². The van der Waals surface area contributed by atoms with E-state index in [9.17, 15) is 0 Å². The molecule has 0 aliphatic heterocycles. The molecule has 2 aromatic heterocycles. The van der Waals surface area contributed by atoms with Gasteiger partial charge in [-0.05, 0) is 29.0 Å². The molecule has 2 N–H and O–H groups in total. The zero-order valence-electron chi connectivity index (χ0n) is 13.4. The number of anilines is 1. The molecule has 0 saturated carbocycles. The van der Waals surface area contributed by atoms with Gasteiger partial charge in [-0.1, -0.05) is 48.5 Å². The fourth-order valence-electron chi connectivity index (χ4n) is 3.13. The Balaban J connectivity index is 1.64. The number of benzene rings is 3. The maximum atomic E-state index is 5.78. The van der Waals surface area contributed by atoms with E-state index in [1.54, 1.807) is 11.3 Å². The van der Waals surface area contributed by atoms with Gasteiger partial charge >= 0.3 is 0 Å². The molecule has 0 amide bonds. The van der Waals surface area contributed by atoms with Crippen LogP contribution < -0.4 is 5.73 Å². The minimum atomic E-state index is 0.765. The van der Waals surface area contributed by atoms with Crippen LogP contribution in [-0.2, 0) is 0 Å². The first-order valence-corrected chi connectivity index (χ1v) is 8.97. The molecule has 120 valence electrons. The van der Waals surface area contributed by atoms with E-state index in [0.29, 0.717) is 0 Å². The third kappa shape index (κ3) is 2.39. The second kappa shape index (κ2) is 5.46. The average molecular weight is 341 g/mol. The van der Waals surface area contributed by atoms with Gasteiger partial charge in [0.25, 0.3) is 0 Å². The first-order chi connectivity index (χ1) is 12.3. The van der Waals surface area contributed by atoms with Gasteiger partial charge in [-0.15, -0.1) is 11.3 Å². The van der Waals surface area contributed by atoms with Crippen molar-refractivity contribution in [2.24, 2.45) is 0 Å². The van der Waals surface area contributed by atoms with Crippen molar-refractivity contribution in [1.82, 2.24) is 9.38 Å². The van der Waals surface area contributed by atoms with E-state index in [2.05, 4.69) is 58.4 Å². The number of rotatable bonds is 2. The molecule has 5 aromatic rings.